The van der Waals surface area contributed by atoms with E-state index in [-0.39, 0.29) is 0 Å². The van der Waals surface area contributed by atoms with Crippen LogP contribution in [-0.4, -0.2) is 26.9 Å². The summed E-state index contributed by atoms with van der Waals surface area (Å²) < 4.78 is 0. The van der Waals surface area contributed by atoms with Crippen molar-refractivity contribution in [2.24, 2.45) is 0 Å². The van der Waals surface area contributed by atoms with Crippen LogP contribution in [0.3, 0.4) is 0 Å². The average Bonchev–Trinajstić information content (AvgIpc) is 3.00. The molecule has 0 aliphatic heterocycles. The first-order chi connectivity index (χ1) is 9.24. The molecule has 0 bridgehead atoms. The molecular formula is C15H18N4. The van der Waals surface area contributed by atoms with Crippen molar-refractivity contribution in [2.45, 2.75) is 20.0 Å². The smallest absolute Gasteiger partial charge is 0.120 e. The van der Waals surface area contributed by atoms with Gasteiger partial charge in [0.1, 0.15) is 5.82 Å². The lowest BCUT2D eigenvalue weighted by atomic mass is 10.1. The Morgan fingerprint density at radius 3 is 2.79 bits per heavy atom. The third-order valence-electron chi connectivity index (χ3n) is 3.47. The molecule has 0 saturated heterocycles. The molecule has 2 N–H and O–H groups in total. The van der Waals surface area contributed by atoms with Gasteiger partial charge in [-0.15, -0.1) is 0 Å². The summed E-state index contributed by atoms with van der Waals surface area (Å²) in [6.45, 7) is 3.89. The monoisotopic (exact) mass is 254 g/mol. The van der Waals surface area contributed by atoms with E-state index >= 15 is 0 Å². The zero-order valence-electron chi connectivity index (χ0n) is 11.3. The Bertz CT molecular complexity index is 667. The van der Waals surface area contributed by atoms with Gasteiger partial charge in [0.2, 0.25) is 0 Å². The minimum absolute atomic E-state index is 0.821. The molecule has 4 nitrogen and oxygen atoms in total. The maximum atomic E-state index is 4.26. The van der Waals surface area contributed by atoms with E-state index in [1.54, 1.807) is 6.20 Å². The van der Waals surface area contributed by atoms with E-state index in [1.165, 1.54) is 22.2 Å². The topological polar surface area (TPSA) is 47.7 Å². The summed E-state index contributed by atoms with van der Waals surface area (Å²) in [5.41, 5.74) is 3.82. The standard InChI is InChI=1S/C15H18N4/c1-11-12-5-3-4-6-13(12)18-14(11)9-19(2)10-15-16-7-8-17-15/h3-8,18H,9-10H2,1-2H3,(H,16,17). The molecule has 2 heterocycles. The second kappa shape index (κ2) is 4.90. The van der Waals surface area contributed by atoms with Crippen molar-refractivity contribution in [3.8, 4) is 0 Å². The Labute approximate surface area is 112 Å². The average molecular weight is 254 g/mol. The van der Waals surface area contributed by atoms with Crippen molar-refractivity contribution in [3.05, 3.63) is 53.7 Å². The van der Waals surface area contributed by atoms with Gasteiger partial charge in [-0.2, -0.15) is 0 Å². The van der Waals surface area contributed by atoms with Crippen LogP contribution in [0.25, 0.3) is 10.9 Å². The van der Waals surface area contributed by atoms with Crippen molar-refractivity contribution >= 4 is 10.9 Å². The predicted octanol–water partition coefficient (Wildman–Crippen LogP) is 2.83. The molecular weight excluding hydrogens is 236 g/mol. The number of nitrogens with zero attached hydrogens (tertiary/aromatic N) is 2. The highest BCUT2D eigenvalue weighted by Crippen LogP contribution is 2.22. The van der Waals surface area contributed by atoms with Crippen molar-refractivity contribution in [3.63, 3.8) is 0 Å². The number of imidazole rings is 1. The highest BCUT2D eigenvalue weighted by atomic mass is 15.1. The molecule has 0 radical (unpaired) electrons. The molecule has 0 unspecified atom stereocenters. The van der Waals surface area contributed by atoms with Gasteiger partial charge >= 0.3 is 0 Å². The number of rotatable bonds is 4. The Morgan fingerprint density at radius 2 is 2.05 bits per heavy atom. The minimum atomic E-state index is 0.821. The molecule has 0 aliphatic rings. The van der Waals surface area contributed by atoms with E-state index in [0.717, 1.165) is 18.9 Å². The quantitative estimate of drug-likeness (QED) is 0.752. The van der Waals surface area contributed by atoms with E-state index in [1.807, 2.05) is 6.20 Å². The molecule has 0 saturated carbocycles. The lowest BCUT2D eigenvalue weighted by molar-refractivity contribution is 0.308. The second-order valence-electron chi connectivity index (χ2n) is 4.98. The fraction of sp³-hybridized carbons (Fsp3) is 0.267. The van der Waals surface area contributed by atoms with Crippen LogP contribution in [0.1, 0.15) is 17.1 Å². The van der Waals surface area contributed by atoms with Gasteiger partial charge in [-0.3, -0.25) is 4.90 Å². The number of hydrogen-bond acceptors (Lipinski definition) is 2. The molecule has 0 aliphatic carbocycles. The molecule has 0 fully saturated rings. The van der Waals surface area contributed by atoms with Gasteiger partial charge < -0.3 is 9.97 Å². The highest BCUT2D eigenvalue weighted by Gasteiger charge is 2.10. The molecule has 3 rings (SSSR count). The van der Waals surface area contributed by atoms with Gasteiger partial charge in [0.25, 0.3) is 0 Å². The predicted molar refractivity (Wildman–Crippen MR) is 76.8 cm³/mol. The number of aryl methyl sites for hydroxylation is 1. The maximum Gasteiger partial charge on any atom is 0.120 e. The third-order valence-corrected chi connectivity index (χ3v) is 3.47. The summed E-state index contributed by atoms with van der Waals surface area (Å²) in [6.07, 6.45) is 3.65. The maximum absolute atomic E-state index is 4.26. The van der Waals surface area contributed by atoms with Gasteiger partial charge in [0.15, 0.2) is 0 Å². The van der Waals surface area contributed by atoms with E-state index in [9.17, 15) is 0 Å². The summed E-state index contributed by atoms with van der Waals surface area (Å²) in [4.78, 5) is 13.1. The van der Waals surface area contributed by atoms with Gasteiger partial charge in [-0.1, -0.05) is 18.2 Å². The first-order valence-electron chi connectivity index (χ1n) is 6.47. The van der Waals surface area contributed by atoms with Crippen LogP contribution in [0, 0.1) is 6.92 Å². The van der Waals surface area contributed by atoms with Crippen LogP contribution in [-0.2, 0) is 13.1 Å². The van der Waals surface area contributed by atoms with Crippen LogP contribution in [0.4, 0.5) is 0 Å². The number of aromatic amines is 2. The number of hydrogen-bond donors (Lipinski definition) is 2. The molecule has 1 aromatic carbocycles. The Morgan fingerprint density at radius 1 is 1.21 bits per heavy atom. The van der Waals surface area contributed by atoms with Crippen LogP contribution in [0.5, 0.6) is 0 Å². The Balaban J connectivity index is 1.79. The van der Waals surface area contributed by atoms with Crippen molar-refractivity contribution < 1.29 is 0 Å². The Hall–Kier alpha value is -2.07. The second-order valence-corrected chi connectivity index (χ2v) is 4.98. The summed E-state index contributed by atoms with van der Waals surface area (Å²) >= 11 is 0. The molecule has 19 heavy (non-hydrogen) atoms. The first-order valence-corrected chi connectivity index (χ1v) is 6.47. The van der Waals surface area contributed by atoms with E-state index in [0.29, 0.717) is 0 Å². The van der Waals surface area contributed by atoms with Gasteiger partial charge in [-0.25, -0.2) is 4.98 Å². The summed E-state index contributed by atoms with van der Waals surface area (Å²) in [7, 11) is 2.10. The largest absolute Gasteiger partial charge is 0.357 e. The van der Waals surface area contributed by atoms with Crippen molar-refractivity contribution in [1.82, 2.24) is 19.9 Å². The zero-order valence-corrected chi connectivity index (χ0v) is 11.3. The van der Waals surface area contributed by atoms with Gasteiger partial charge in [-0.05, 0) is 25.6 Å². The lowest BCUT2D eigenvalue weighted by Crippen LogP contribution is -2.18. The van der Waals surface area contributed by atoms with Crippen LogP contribution in [0.2, 0.25) is 0 Å². The summed E-state index contributed by atoms with van der Waals surface area (Å²) in [5, 5.41) is 1.31. The fourth-order valence-corrected chi connectivity index (χ4v) is 2.46. The van der Waals surface area contributed by atoms with Crippen LogP contribution < -0.4 is 0 Å². The lowest BCUT2D eigenvalue weighted by Gasteiger charge is -2.14. The molecule has 2 aromatic heterocycles. The van der Waals surface area contributed by atoms with Gasteiger partial charge in [0.05, 0.1) is 6.54 Å². The SMILES string of the molecule is Cc1c(CN(C)Cc2ncc[nH]2)[nH]c2ccccc12. The first kappa shape index (κ1) is 12.0. The molecule has 4 heteroatoms. The van der Waals surface area contributed by atoms with Gasteiger partial charge in [0, 0.05) is 35.5 Å². The number of nitrogens with one attached hydrogen (secondary N) is 2. The molecule has 0 atom stereocenters. The van der Waals surface area contributed by atoms with E-state index in [4.69, 9.17) is 0 Å². The number of benzene rings is 1. The molecule has 0 amide bonds. The van der Waals surface area contributed by atoms with Crippen molar-refractivity contribution in [1.29, 1.82) is 0 Å². The number of para-hydroxylation sites is 1. The number of aromatic nitrogens is 3. The third kappa shape index (κ3) is 2.39. The molecule has 0 spiro atoms. The van der Waals surface area contributed by atoms with Crippen LogP contribution in [0.15, 0.2) is 36.7 Å². The van der Waals surface area contributed by atoms with E-state index in [2.05, 4.69) is 58.1 Å². The van der Waals surface area contributed by atoms with Crippen molar-refractivity contribution in [2.75, 3.05) is 7.05 Å². The fourth-order valence-electron chi connectivity index (χ4n) is 2.46. The minimum Gasteiger partial charge on any atom is -0.357 e. The number of fused-ring (bicyclic) bond motifs is 1. The normalized spacial score (nSPS) is 11.5. The summed E-state index contributed by atoms with van der Waals surface area (Å²) in [5.74, 6) is 0.997. The molecule has 3 aromatic rings. The van der Waals surface area contributed by atoms with Crippen LogP contribution >= 0.6 is 0 Å². The van der Waals surface area contributed by atoms with E-state index < -0.39 is 0 Å². The molecule has 98 valence electrons. The zero-order chi connectivity index (χ0) is 13.2. The summed E-state index contributed by atoms with van der Waals surface area (Å²) in [6, 6.07) is 8.43. The Kier molecular flexibility index (Phi) is 3.09. The highest BCUT2D eigenvalue weighted by molar-refractivity contribution is 5.84. The number of H-pyrrole nitrogens is 2.